The van der Waals surface area contributed by atoms with Gasteiger partial charge in [-0.05, 0) is 23.6 Å². The maximum absolute atomic E-state index is 12.9. The van der Waals surface area contributed by atoms with E-state index in [0.29, 0.717) is 16.0 Å². The van der Waals surface area contributed by atoms with Crippen LogP contribution in [-0.4, -0.2) is 29.4 Å². The molecule has 4 rings (SSSR count). The van der Waals surface area contributed by atoms with Crippen molar-refractivity contribution in [3.8, 4) is 6.07 Å². The Kier molecular flexibility index (Phi) is 4.01. The summed E-state index contributed by atoms with van der Waals surface area (Å²) < 4.78 is 1.75. The number of thiophene rings is 1. The Morgan fingerprint density at radius 1 is 1.19 bits per heavy atom. The third-order valence-corrected chi connectivity index (χ3v) is 5.50. The normalized spacial score (nSPS) is 13.0. The van der Waals surface area contributed by atoms with Gasteiger partial charge in [0.25, 0.3) is 5.56 Å². The van der Waals surface area contributed by atoms with Crippen LogP contribution in [0.2, 0.25) is 0 Å². The van der Waals surface area contributed by atoms with Gasteiger partial charge in [0.1, 0.15) is 22.2 Å². The Morgan fingerprint density at radius 2 is 1.85 bits per heavy atom. The van der Waals surface area contributed by atoms with Gasteiger partial charge in [-0.3, -0.25) is 14.2 Å². The number of allylic oxidation sites excluding steroid dienone is 1. The number of hydrogen-bond donors (Lipinski definition) is 0. The lowest BCUT2D eigenvalue weighted by Gasteiger charge is -2.20. The average molecular weight is 377 g/mol. The average Bonchev–Trinajstić information content (AvgIpc) is 3.25. The maximum Gasteiger partial charge on any atom is 0.271 e. The minimum Gasteiger partial charge on any atom is -0.328 e. The number of anilines is 2. The van der Waals surface area contributed by atoms with Crippen molar-refractivity contribution in [3.63, 3.8) is 0 Å². The number of rotatable bonds is 3. The van der Waals surface area contributed by atoms with Gasteiger partial charge in [0.2, 0.25) is 0 Å². The lowest BCUT2D eigenvalue weighted by atomic mass is 10.1. The summed E-state index contributed by atoms with van der Waals surface area (Å²) in [5.74, 6) is 0.0701. The number of fused-ring (bicyclic) bond motifs is 2. The van der Waals surface area contributed by atoms with E-state index in [4.69, 9.17) is 0 Å². The first kappa shape index (κ1) is 17.0. The van der Waals surface area contributed by atoms with Crippen LogP contribution >= 0.6 is 11.3 Å². The zero-order chi connectivity index (χ0) is 19.1. The predicted molar refractivity (Wildman–Crippen MR) is 105 cm³/mol. The van der Waals surface area contributed by atoms with E-state index in [2.05, 4.69) is 4.98 Å². The minimum atomic E-state index is -0.432. The van der Waals surface area contributed by atoms with Crippen molar-refractivity contribution in [1.29, 1.82) is 5.26 Å². The van der Waals surface area contributed by atoms with Gasteiger partial charge < -0.3 is 9.80 Å². The van der Waals surface area contributed by atoms with E-state index in [1.165, 1.54) is 22.2 Å². The lowest BCUT2D eigenvalue weighted by molar-refractivity contribution is -0.115. The first-order valence-electron chi connectivity index (χ1n) is 8.19. The summed E-state index contributed by atoms with van der Waals surface area (Å²) in [4.78, 5) is 33.2. The molecular formula is C19H15N5O2S. The van der Waals surface area contributed by atoms with E-state index in [-0.39, 0.29) is 17.7 Å². The van der Waals surface area contributed by atoms with E-state index in [1.54, 1.807) is 11.4 Å². The van der Waals surface area contributed by atoms with Gasteiger partial charge >= 0.3 is 0 Å². The van der Waals surface area contributed by atoms with Gasteiger partial charge in [0, 0.05) is 14.1 Å². The number of carbonyl (C=O) groups is 1. The van der Waals surface area contributed by atoms with Crippen molar-refractivity contribution in [2.24, 2.45) is 0 Å². The molecule has 0 aliphatic carbocycles. The van der Waals surface area contributed by atoms with Crippen molar-refractivity contribution in [2.45, 2.75) is 6.54 Å². The van der Waals surface area contributed by atoms with E-state index in [9.17, 15) is 14.9 Å². The topological polar surface area (TPSA) is 82.2 Å². The van der Waals surface area contributed by atoms with Crippen LogP contribution in [-0.2, 0) is 11.3 Å². The Labute approximate surface area is 159 Å². The quantitative estimate of drug-likeness (QED) is 0.515. The highest BCUT2D eigenvalue weighted by Crippen LogP contribution is 2.40. The van der Waals surface area contributed by atoms with E-state index in [1.807, 2.05) is 54.2 Å². The number of benzene rings is 1. The Bertz CT molecular complexity index is 1170. The Balaban J connectivity index is 1.74. The molecule has 27 heavy (non-hydrogen) atoms. The molecule has 7 nitrogen and oxygen atoms in total. The summed E-state index contributed by atoms with van der Waals surface area (Å²) in [5.41, 5.74) is 2.17. The molecule has 134 valence electrons. The molecule has 0 unspecified atom stereocenters. The molecule has 0 atom stereocenters. The minimum absolute atomic E-state index is 0.00868. The van der Waals surface area contributed by atoms with Gasteiger partial charge in [0.15, 0.2) is 5.78 Å². The highest BCUT2D eigenvalue weighted by molar-refractivity contribution is 7.17. The summed E-state index contributed by atoms with van der Waals surface area (Å²) >= 11 is 1.29. The second-order valence-electron chi connectivity index (χ2n) is 6.15. The molecule has 1 aromatic carbocycles. The summed E-state index contributed by atoms with van der Waals surface area (Å²) in [7, 11) is 3.63. The molecule has 0 amide bonds. The highest BCUT2D eigenvalue weighted by atomic mass is 32.1. The molecule has 0 saturated heterocycles. The Hall–Kier alpha value is -3.44. The molecule has 0 saturated carbocycles. The number of hydrogen-bond acceptors (Lipinski definition) is 7. The van der Waals surface area contributed by atoms with Gasteiger partial charge in [-0.25, -0.2) is 4.98 Å². The second-order valence-corrected chi connectivity index (χ2v) is 7.07. The third kappa shape index (κ3) is 2.60. The fraction of sp³-hybridized carbons (Fsp3) is 0.158. The van der Waals surface area contributed by atoms with Crippen LogP contribution in [0.5, 0.6) is 0 Å². The van der Waals surface area contributed by atoms with Crippen molar-refractivity contribution in [2.75, 3.05) is 23.9 Å². The van der Waals surface area contributed by atoms with Crippen molar-refractivity contribution < 1.29 is 4.79 Å². The number of aromatic nitrogens is 2. The summed E-state index contributed by atoms with van der Waals surface area (Å²) in [6.45, 7) is -0.232. The molecule has 0 bridgehead atoms. The Morgan fingerprint density at radius 3 is 2.48 bits per heavy atom. The monoisotopic (exact) mass is 377 g/mol. The van der Waals surface area contributed by atoms with Crippen LogP contribution in [0.1, 0.15) is 0 Å². The van der Waals surface area contributed by atoms with Crippen LogP contribution in [0.3, 0.4) is 0 Å². The van der Waals surface area contributed by atoms with E-state index < -0.39 is 5.78 Å². The van der Waals surface area contributed by atoms with Crippen LogP contribution in [0.15, 0.2) is 58.2 Å². The number of carbonyl (C=O) groups excluding carboxylic acids is 1. The van der Waals surface area contributed by atoms with Crippen LogP contribution in [0, 0.1) is 11.3 Å². The zero-order valence-corrected chi connectivity index (χ0v) is 15.5. The first-order chi connectivity index (χ1) is 13.0. The van der Waals surface area contributed by atoms with Crippen molar-refractivity contribution >= 4 is 38.7 Å². The first-order valence-corrected chi connectivity index (χ1v) is 9.07. The molecule has 0 N–H and O–H groups in total. The van der Waals surface area contributed by atoms with Gasteiger partial charge in [0.05, 0.1) is 29.8 Å². The predicted octanol–water partition coefficient (Wildman–Crippen LogP) is 2.35. The molecule has 0 radical (unpaired) electrons. The van der Waals surface area contributed by atoms with Crippen LogP contribution in [0.4, 0.5) is 11.4 Å². The molecular weight excluding hydrogens is 362 g/mol. The summed E-state index contributed by atoms with van der Waals surface area (Å²) in [5, 5.41) is 11.5. The highest BCUT2D eigenvalue weighted by Gasteiger charge is 2.31. The summed E-state index contributed by atoms with van der Waals surface area (Å²) in [6.07, 6.45) is 1.35. The number of nitriles is 1. The zero-order valence-electron chi connectivity index (χ0n) is 14.7. The number of para-hydroxylation sites is 2. The third-order valence-electron chi connectivity index (χ3n) is 4.60. The largest absolute Gasteiger partial charge is 0.328 e. The van der Waals surface area contributed by atoms with E-state index >= 15 is 0 Å². The van der Waals surface area contributed by atoms with Gasteiger partial charge in [-0.2, -0.15) is 5.26 Å². The summed E-state index contributed by atoms with van der Waals surface area (Å²) in [6, 6.07) is 11.4. The molecule has 0 fully saturated rings. The molecule has 2 aromatic heterocycles. The van der Waals surface area contributed by atoms with Crippen LogP contribution < -0.4 is 15.4 Å². The molecule has 3 aromatic rings. The SMILES string of the molecule is CN1C(=C(C#N)C(=O)Cn2cnc3ccsc3c2=O)N(C)c2ccccc21. The van der Waals surface area contributed by atoms with Crippen molar-refractivity contribution in [3.05, 3.63) is 63.8 Å². The molecule has 0 spiro atoms. The lowest BCUT2D eigenvalue weighted by Crippen LogP contribution is -2.29. The van der Waals surface area contributed by atoms with Crippen LogP contribution in [0.25, 0.3) is 10.2 Å². The van der Waals surface area contributed by atoms with E-state index in [0.717, 1.165) is 11.4 Å². The van der Waals surface area contributed by atoms with Gasteiger partial charge in [-0.1, -0.05) is 12.1 Å². The maximum atomic E-state index is 12.9. The number of ketones is 1. The van der Waals surface area contributed by atoms with Gasteiger partial charge in [-0.15, -0.1) is 11.3 Å². The molecule has 1 aliphatic rings. The van der Waals surface area contributed by atoms with Crippen molar-refractivity contribution in [1.82, 2.24) is 9.55 Å². The second kappa shape index (κ2) is 6.37. The molecule has 3 heterocycles. The fourth-order valence-electron chi connectivity index (χ4n) is 3.28. The fourth-order valence-corrected chi connectivity index (χ4v) is 4.08. The number of nitrogens with zero attached hydrogens (tertiary/aromatic N) is 5. The molecule has 8 heteroatoms. The molecule has 1 aliphatic heterocycles. The number of Topliss-reactive ketones (excluding diaryl/α,β-unsaturated/α-hetero) is 1. The smallest absolute Gasteiger partial charge is 0.271 e. The standard InChI is InChI=1S/C19H15N5O2S/c1-22-14-5-3-4-6-15(14)23(2)18(22)12(9-20)16(25)10-24-11-21-13-7-8-27-17(13)19(24)26/h3-8,11H,10H2,1-2H3.